The maximum absolute atomic E-state index is 12.0. The van der Waals surface area contributed by atoms with Crippen molar-refractivity contribution in [2.24, 2.45) is 0 Å². The first-order valence-electron chi connectivity index (χ1n) is 7.66. The van der Waals surface area contributed by atoms with E-state index in [-0.39, 0.29) is 6.09 Å². The van der Waals surface area contributed by atoms with Gasteiger partial charge in [0.05, 0.1) is 12.6 Å². The number of rotatable bonds is 3. The number of hydrogen-bond donors (Lipinski definition) is 1. The normalized spacial score (nSPS) is 15.6. The molecule has 1 aromatic carbocycles. The number of hydrogen-bond acceptors (Lipinski definition) is 4. The Morgan fingerprint density at radius 3 is 2.74 bits per heavy atom. The number of nitrogens with one attached hydrogen (secondary N) is 1. The van der Waals surface area contributed by atoms with E-state index in [2.05, 4.69) is 11.1 Å². The predicted molar refractivity (Wildman–Crippen MR) is 92.3 cm³/mol. The molecule has 2 aromatic rings. The molecule has 23 heavy (non-hydrogen) atoms. The minimum Gasteiger partial charge on any atom is -0.495 e. The Bertz CT molecular complexity index is 714. The van der Waals surface area contributed by atoms with Crippen molar-refractivity contribution in [3.63, 3.8) is 0 Å². The number of fused-ring (bicyclic) bond motifs is 1. The monoisotopic (exact) mass is 334 g/mol. The fraction of sp³-hybridized carbons (Fsp3) is 0.471. The van der Waals surface area contributed by atoms with E-state index in [1.54, 1.807) is 23.8 Å². The lowest BCUT2D eigenvalue weighted by Crippen LogP contribution is -2.53. The van der Waals surface area contributed by atoms with E-state index >= 15 is 0 Å². The molecule has 0 unspecified atom stereocenters. The van der Waals surface area contributed by atoms with Crippen molar-refractivity contribution >= 4 is 28.8 Å². The van der Waals surface area contributed by atoms with Crippen LogP contribution in [0.4, 0.5) is 4.79 Å². The summed E-state index contributed by atoms with van der Waals surface area (Å²) in [6, 6.07) is 6.02. The number of likely N-dealkylation sites (tertiary alicyclic amines) is 1. The minimum atomic E-state index is -0.442. The van der Waals surface area contributed by atoms with Crippen molar-refractivity contribution in [1.82, 2.24) is 9.88 Å². The van der Waals surface area contributed by atoms with Crippen molar-refractivity contribution < 1.29 is 14.3 Å². The van der Waals surface area contributed by atoms with E-state index in [1.807, 2.05) is 39.1 Å². The number of methoxy groups -OCH3 is 1. The van der Waals surface area contributed by atoms with Crippen LogP contribution in [0.15, 0.2) is 29.3 Å². The zero-order valence-electron chi connectivity index (χ0n) is 13.9. The third-order valence-electron chi connectivity index (χ3n) is 3.65. The smallest absolute Gasteiger partial charge is 0.410 e. The maximum Gasteiger partial charge on any atom is 0.410 e. The van der Waals surface area contributed by atoms with Gasteiger partial charge in [-0.15, -0.1) is 11.8 Å². The van der Waals surface area contributed by atoms with Crippen LogP contribution in [-0.2, 0) is 4.74 Å². The number of aromatic nitrogens is 1. The first-order chi connectivity index (χ1) is 10.9. The summed E-state index contributed by atoms with van der Waals surface area (Å²) >= 11 is 1.79. The van der Waals surface area contributed by atoms with Gasteiger partial charge in [0.1, 0.15) is 11.4 Å². The molecule has 0 saturated carbocycles. The highest BCUT2D eigenvalue weighted by Gasteiger charge is 2.34. The second-order valence-electron chi connectivity index (χ2n) is 6.66. The number of carbonyl (C=O) groups excluding carboxylic acids is 1. The molecule has 124 valence electrons. The largest absolute Gasteiger partial charge is 0.495 e. The number of thioether (sulfide) groups is 1. The number of para-hydroxylation sites is 1. The highest BCUT2D eigenvalue weighted by atomic mass is 32.2. The van der Waals surface area contributed by atoms with E-state index in [4.69, 9.17) is 9.47 Å². The molecule has 5 nitrogen and oxygen atoms in total. The number of aromatic amines is 1. The molecule has 1 saturated heterocycles. The summed E-state index contributed by atoms with van der Waals surface area (Å²) in [6.45, 7) is 7.09. The number of carbonyl (C=O) groups is 1. The number of amides is 1. The Morgan fingerprint density at radius 1 is 1.35 bits per heavy atom. The zero-order valence-corrected chi connectivity index (χ0v) is 14.7. The van der Waals surface area contributed by atoms with E-state index in [0.29, 0.717) is 5.25 Å². The molecule has 1 aliphatic heterocycles. The molecule has 3 rings (SSSR count). The topological polar surface area (TPSA) is 54.6 Å². The van der Waals surface area contributed by atoms with Crippen LogP contribution in [0.2, 0.25) is 0 Å². The van der Waals surface area contributed by atoms with Crippen LogP contribution >= 0.6 is 11.8 Å². The Labute approximate surface area is 140 Å². The first-order valence-corrected chi connectivity index (χ1v) is 8.54. The van der Waals surface area contributed by atoms with Gasteiger partial charge in [-0.1, -0.05) is 12.1 Å². The van der Waals surface area contributed by atoms with Gasteiger partial charge in [0.15, 0.2) is 0 Å². The van der Waals surface area contributed by atoms with Crippen molar-refractivity contribution in [3.8, 4) is 5.75 Å². The molecular weight excluding hydrogens is 312 g/mol. The Kier molecular flexibility index (Phi) is 4.19. The second-order valence-corrected chi connectivity index (χ2v) is 8.00. The van der Waals surface area contributed by atoms with E-state index in [1.165, 1.54) is 4.90 Å². The third kappa shape index (κ3) is 3.42. The van der Waals surface area contributed by atoms with Crippen molar-refractivity contribution in [3.05, 3.63) is 24.4 Å². The summed E-state index contributed by atoms with van der Waals surface area (Å²) in [4.78, 5) is 18.2. The second kappa shape index (κ2) is 6.00. The van der Waals surface area contributed by atoms with Gasteiger partial charge in [0.25, 0.3) is 0 Å². The number of nitrogens with zero attached hydrogens (tertiary/aromatic N) is 1. The Hall–Kier alpha value is -1.82. The molecule has 0 aliphatic carbocycles. The van der Waals surface area contributed by atoms with Crippen molar-refractivity contribution in [1.29, 1.82) is 0 Å². The molecule has 6 heteroatoms. The van der Waals surface area contributed by atoms with Crippen molar-refractivity contribution in [2.45, 2.75) is 36.5 Å². The summed E-state index contributed by atoms with van der Waals surface area (Å²) in [5.74, 6) is 0.846. The minimum absolute atomic E-state index is 0.227. The predicted octanol–water partition coefficient (Wildman–Crippen LogP) is 3.89. The molecular formula is C17H22N2O3S. The molecule has 0 atom stereocenters. The van der Waals surface area contributed by atoms with Gasteiger partial charge in [0, 0.05) is 34.8 Å². The highest BCUT2D eigenvalue weighted by molar-refractivity contribution is 8.00. The van der Waals surface area contributed by atoms with Gasteiger partial charge in [-0.25, -0.2) is 4.79 Å². The van der Waals surface area contributed by atoms with Gasteiger partial charge < -0.3 is 19.4 Å². The van der Waals surface area contributed by atoms with E-state index in [0.717, 1.165) is 29.7 Å². The molecule has 0 bridgehead atoms. The van der Waals surface area contributed by atoms with Crippen LogP contribution < -0.4 is 4.74 Å². The van der Waals surface area contributed by atoms with Gasteiger partial charge >= 0.3 is 6.09 Å². The SMILES string of the molecule is COc1cccc2c(SC3CN(C(=O)OC(C)(C)C)C3)c[nH]c12. The summed E-state index contributed by atoms with van der Waals surface area (Å²) in [7, 11) is 1.67. The maximum atomic E-state index is 12.0. The quantitative estimate of drug-likeness (QED) is 0.925. The molecule has 0 radical (unpaired) electrons. The number of benzene rings is 1. The lowest BCUT2D eigenvalue weighted by molar-refractivity contribution is 0.0144. The van der Waals surface area contributed by atoms with E-state index in [9.17, 15) is 4.79 Å². The third-order valence-corrected chi connectivity index (χ3v) is 4.88. The van der Waals surface area contributed by atoms with Crippen LogP contribution in [-0.4, -0.2) is 47.0 Å². The van der Waals surface area contributed by atoms with Crippen LogP contribution in [0.5, 0.6) is 5.75 Å². The summed E-state index contributed by atoms with van der Waals surface area (Å²) in [5.41, 5.74) is 0.573. The Balaban J connectivity index is 1.61. The average Bonchev–Trinajstić information content (AvgIpc) is 2.83. The fourth-order valence-corrected chi connectivity index (χ4v) is 3.83. The van der Waals surface area contributed by atoms with Gasteiger partial charge in [0.2, 0.25) is 0 Å². The van der Waals surface area contributed by atoms with Crippen LogP contribution in [0.25, 0.3) is 10.9 Å². The molecule has 2 heterocycles. The first kappa shape index (κ1) is 16.1. The van der Waals surface area contributed by atoms with Crippen LogP contribution in [0.1, 0.15) is 20.8 Å². The summed E-state index contributed by atoms with van der Waals surface area (Å²) < 4.78 is 10.8. The van der Waals surface area contributed by atoms with Gasteiger partial charge in [-0.2, -0.15) is 0 Å². The molecule has 1 fully saturated rings. The summed E-state index contributed by atoms with van der Waals surface area (Å²) in [6.07, 6.45) is 1.78. The average molecular weight is 334 g/mol. The standard InChI is InChI=1S/C17H22N2O3S/c1-17(2,3)22-16(20)19-9-11(10-19)23-14-8-18-15-12(14)6-5-7-13(15)21-4/h5-8,11,18H,9-10H2,1-4H3. The van der Waals surface area contributed by atoms with E-state index < -0.39 is 5.60 Å². The zero-order chi connectivity index (χ0) is 16.6. The molecule has 0 spiro atoms. The molecule has 1 N–H and O–H groups in total. The highest BCUT2D eigenvalue weighted by Crippen LogP contribution is 2.37. The summed E-state index contributed by atoms with van der Waals surface area (Å²) in [5, 5.41) is 1.55. The van der Waals surface area contributed by atoms with Gasteiger partial charge in [-0.05, 0) is 26.8 Å². The van der Waals surface area contributed by atoms with Crippen molar-refractivity contribution in [2.75, 3.05) is 20.2 Å². The molecule has 1 aliphatic rings. The molecule has 1 amide bonds. The fourth-order valence-electron chi connectivity index (χ4n) is 2.54. The van der Waals surface area contributed by atoms with Crippen LogP contribution in [0.3, 0.4) is 0 Å². The molecule has 1 aromatic heterocycles. The van der Waals surface area contributed by atoms with Gasteiger partial charge in [-0.3, -0.25) is 0 Å². The van der Waals surface area contributed by atoms with Crippen LogP contribution in [0, 0.1) is 0 Å². The lowest BCUT2D eigenvalue weighted by Gasteiger charge is -2.39. The number of H-pyrrole nitrogens is 1. The lowest BCUT2D eigenvalue weighted by atomic mass is 10.2. The Morgan fingerprint density at radius 2 is 2.09 bits per heavy atom. The number of ether oxygens (including phenoxy) is 2.